The minimum atomic E-state index is -0.109. The Balaban J connectivity index is 2.14. The summed E-state index contributed by atoms with van der Waals surface area (Å²) in [6.45, 7) is 6.68. The summed E-state index contributed by atoms with van der Waals surface area (Å²) in [4.78, 5) is 17.7. The maximum absolute atomic E-state index is 11.8. The van der Waals surface area contributed by atoms with E-state index in [0.29, 0.717) is 12.5 Å². The van der Waals surface area contributed by atoms with Crippen molar-refractivity contribution in [1.82, 2.24) is 4.98 Å². The number of carbonyl (C=O) groups is 1. The van der Waals surface area contributed by atoms with Crippen LogP contribution in [-0.4, -0.2) is 17.6 Å². The third-order valence-corrected chi connectivity index (χ3v) is 4.07. The van der Waals surface area contributed by atoms with Crippen molar-refractivity contribution in [3.63, 3.8) is 0 Å². The number of thiazole rings is 1. The van der Waals surface area contributed by atoms with Gasteiger partial charge in [0.1, 0.15) is 5.92 Å². The monoisotopic (exact) mass is 253 g/mol. The highest BCUT2D eigenvalue weighted by Gasteiger charge is 2.33. The van der Waals surface area contributed by atoms with Crippen LogP contribution in [-0.2, 0) is 22.4 Å². The van der Waals surface area contributed by atoms with E-state index in [0.717, 1.165) is 25.0 Å². The first-order valence-electron chi connectivity index (χ1n) is 6.27. The predicted molar refractivity (Wildman–Crippen MR) is 68.4 cm³/mol. The zero-order chi connectivity index (χ0) is 12.4. The first-order chi connectivity index (χ1) is 8.11. The summed E-state index contributed by atoms with van der Waals surface area (Å²) in [7, 11) is 0. The smallest absolute Gasteiger partial charge is 0.315 e. The fraction of sp³-hybridized carbons (Fsp3) is 0.692. The molecule has 0 amide bonds. The van der Waals surface area contributed by atoms with E-state index in [1.165, 1.54) is 9.88 Å². The van der Waals surface area contributed by atoms with Crippen LogP contribution >= 0.6 is 11.3 Å². The predicted octanol–water partition coefficient (Wildman–Crippen LogP) is 2.93. The van der Waals surface area contributed by atoms with Crippen LogP contribution in [0.1, 0.15) is 48.7 Å². The van der Waals surface area contributed by atoms with E-state index >= 15 is 0 Å². The molecule has 1 heterocycles. The molecular weight excluding hydrogens is 234 g/mol. The minimum absolute atomic E-state index is 0.104. The van der Waals surface area contributed by atoms with Gasteiger partial charge >= 0.3 is 5.97 Å². The number of hydrogen-bond acceptors (Lipinski definition) is 4. The molecular formula is C13H19NO2S. The number of aryl methyl sites for hydroxylation is 1. The number of ether oxygens (including phenoxy) is 1. The van der Waals surface area contributed by atoms with Gasteiger partial charge in [0.2, 0.25) is 0 Å². The molecule has 0 saturated carbocycles. The van der Waals surface area contributed by atoms with E-state index in [1.807, 2.05) is 6.92 Å². The zero-order valence-corrected chi connectivity index (χ0v) is 11.5. The minimum Gasteiger partial charge on any atom is -0.465 e. The highest BCUT2D eigenvalue weighted by Crippen LogP contribution is 2.37. The molecule has 3 nitrogen and oxygen atoms in total. The molecule has 1 aliphatic rings. The summed E-state index contributed by atoms with van der Waals surface area (Å²) in [6, 6.07) is 0. The molecule has 1 atom stereocenters. The third-order valence-electron chi connectivity index (χ3n) is 2.92. The van der Waals surface area contributed by atoms with Crippen molar-refractivity contribution in [3.05, 3.63) is 15.6 Å². The number of aromatic nitrogens is 1. The van der Waals surface area contributed by atoms with Gasteiger partial charge in [-0.3, -0.25) is 4.79 Å². The van der Waals surface area contributed by atoms with Crippen LogP contribution in [0.3, 0.4) is 0 Å². The summed E-state index contributed by atoms with van der Waals surface area (Å²) in [5.74, 6) is 0.400. The molecule has 0 saturated heterocycles. The van der Waals surface area contributed by atoms with Crippen molar-refractivity contribution < 1.29 is 9.53 Å². The first-order valence-corrected chi connectivity index (χ1v) is 7.08. The number of esters is 1. The lowest BCUT2D eigenvalue weighted by Crippen LogP contribution is -2.14. The topological polar surface area (TPSA) is 39.2 Å². The van der Waals surface area contributed by atoms with Gasteiger partial charge in [0, 0.05) is 11.3 Å². The molecule has 1 unspecified atom stereocenters. The van der Waals surface area contributed by atoms with Gasteiger partial charge in [-0.25, -0.2) is 4.98 Å². The lowest BCUT2D eigenvalue weighted by Gasteiger charge is -2.08. The van der Waals surface area contributed by atoms with Crippen molar-refractivity contribution in [1.29, 1.82) is 0 Å². The molecule has 0 spiro atoms. The zero-order valence-electron chi connectivity index (χ0n) is 10.7. The Kier molecular flexibility index (Phi) is 3.82. The van der Waals surface area contributed by atoms with E-state index in [9.17, 15) is 4.79 Å². The SMILES string of the molecule is CCOC(=O)C1CCc2sc(CC(C)C)nc21. The summed E-state index contributed by atoms with van der Waals surface area (Å²) in [6.07, 6.45) is 2.86. The van der Waals surface area contributed by atoms with Gasteiger partial charge in [-0.2, -0.15) is 0 Å². The second kappa shape index (κ2) is 5.17. The largest absolute Gasteiger partial charge is 0.465 e. The standard InChI is InChI=1S/C13H19NO2S/c1-4-16-13(15)9-5-6-10-12(9)14-11(17-10)7-8(2)3/h8-9H,4-7H2,1-3H3. The Bertz CT molecular complexity index is 412. The van der Waals surface area contributed by atoms with Crippen molar-refractivity contribution >= 4 is 17.3 Å². The number of fused-ring (bicyclic) bond motifs is 1. The molecule has 0 aromatic carbocycles. The van der Waals surface area contributed by atoms with Gasteiger partial charge in [0.05, 0.1) is 17.3 Å². The van der Waals surface area contributed by atoms with Gasteiger partial charge in [0.25, 0.3) is 0 Å². The van der Waals surface area contributed by atoms with E-state index in [4.69, 9.17) is 4.74 Å². The fourth-order valence-electron chi connectivity index (χ4n) is 2.19. The Labute approximate surface area is 106 Å². The summed E-state index contributed by atoms with van der Waals surface area (Å²) in [5, 5.41) is 1.17. The summed E-state index contributed by atoms with van der Waals surface area (Å²) in [5.41, 5.74) is 0.990. The third kappa shape index (κ3) is 2.68. The van der Waals surface area contributed by atoms with Crippen molar-refractivity contribution in [2.75, 3.05) is 6.61 Å². The molecule has 17 heavy (non-hydrogen) atoms. The molecule has 0 radical (unpaired) electrons. The Morgan fingerprint density at radius 3 is 3.00 bits per heavy atom. The van der Waals surface area contributed by atoms with Gasteiger partial charge in [-0.15, -0.1) is 11.3 Å². The molecule has 94 valence electrons. The highest BCUT2D eigenvalue weighted by molar-refractivity contribution is 7.11. The van der Waals surface area contributed by atoms with E-state index in [-0.39, 0.29) is 11.9 Å². The highest BCUT2D eigenvalue weighted by atomic mass is 32.1. The lowest BCUT2D eigenvalue weighted by molar-refractivity contribution is -0.145. The number of carbonyl (C=O) groups excluding carboxylic acids is 1. The molecule has 1 aromatic heterocycles. The molecule has 1 aliphatic carbocycles. The van der Waals surface area contributed by atoms with Crippen LogP contribution in [0.15, 0.2) is 0 Å². The molecule has 0 fully saturated rings. The second-order valence-corrected chi connectivity index (χ2v) is 6.03. The van der Waals surface area contributed by atoms with Crippen molar-refractivity contribution in [2.24, 2.45) is 5.92 Å². The molecule has 1 aromatic rings. The molecule has 0 bridgehead atoms. The number of rotatable bonds is 4. The Hall–Kier alpha value is -0.900. The van der Waals surface area contributed by atoms with Gasteiger partial charge in [-0.05, 0) is 25.7 Å². The quantitative estimate of drug-likeness (QED) is 0.774. The maximum Gasteiger partial charge on any atom is 0.315 e. The van der Waals surface area contributed by atoms with E-state index in [1.54, 1.807) is 11.3 Å². The van der Waals surface area contributed by atoms with Crippen LogP contribution < -0.4 is 0 Å². The molecule has 0 aliphatic heterocycles. The number of nitrogens with zero attached hydrogens (tertiary/aromatic N) is 1. The van der Waals surface area contributed by atoms with Gasteiger partial charge in [0.15, 0.2) is 0 Å². The van der Waals surface area contributed by atoms with Gasteiger partial charge in [-0.1, -0.05) is 13.8 Å². The van der Waals surface area contributed by atoms with Gasteiger partial charge < -0.3 is 4.74 Å². The van der Waals surface area contributed by atoms with Crippen molar-refractivity contribution in [3.8, 4) is 0 Å². The van der Waals surface area contributed by atoms with Crippen LogP contribution in [0.5, 0.6) is 0 Å². The Morgan fingerprint density at radius 2 is 2.35 bits per heavy atom. The maximum atomic E-state index is 11.8. The normalized spacial score (nSPS) is 18.5. The molecule has 0 N–H and O–H groups in total. The van der Waals surface area contributed by atoms with E-state index < -0.39 is 0 Å². The second-order valence-electron chi connectivity index (χ2n) is 4.86. The first kappa shape index (κ1) is 12.6. The van der Waals surface area contributed by atoms with Crippen LogP contribution in [0.25, 0.3) is 0 Å². The summed E-state index contributed by atoms with van der Waals surface area (Å²) < 4.78 is 5.10. The van der Waals surface area contributed by atoms with Crippen LogP contribution in [0.2, 0.25) is 0 Å². The molecule has 4 heteroatoms. The van der Waals surface area contributed by atoms with Crippen molar-refractivity contribution in [2.45, 2.75) is 46.0 Å². The van der Waals surface area contributed by atoms with Crippen LogP contribution in [0, 0.1) is 5.92 Å². The van der Waals surface area contributed by atoms with E-state index in [2.05, 4.69) is 18.8 Å². The average Bonchev–Trinajstić information content (AvgIpc) is 2.75. The number of hydrogen-bond donors (Lipinski definition) is 0. The molecule has 2 rings (SSSR count). The fourth-order valence-corrected chi connectivity index (χ4v) is 3.54. The average molecular weight is 253 g/mol. The Morgan fingerprint density at radius 1 is 1.59 bits per heavy atom. The lowest BCUT2D eigenvalue weighted by atomic mass is 10.1. The van der Waals surface area contributed by atoms with Crippen LogP contribution in [0.4, 0.5) is 0 Å². The summed E-state index contributed by atoms with van der Waals surface area (Å²) >= 11 is 1.77.